The van der Waals surface area contributed by atoms with Gasteiger partial charge in [-0.3, -0.25) is 4.57 Å². The summed E-state index contributed by atoms with van der Waals surface area (Å²) >= 11 is 0. The zero-order valence-corrected chi connectivity index (χ0v) is 15.7. The number of hydrogen-bond acceptors (Lipinski definition) is 6. The molecule has 23 heavy (non-hydrogen) atoms. The molecule has 2 N–H and O–H groups in total. The second-order valence-corrected chi connectivity index (χ2v) is 6.72. The van der Waals surface area contributed by atoms with E-state index in [1.807, 2.05) is 0 Å². The Morgan fingerprint density at radius 1 is 0.826 bits per heavy atom. The molecule has 0 aliphatic carbocycles. The predicted molar refractivity (Wildman–Crippen MR) is 93.6 cm³/mol. The van der Waals surface area contributed by atoms with Gasteiger partial charge in [0, 0.05) is 13.1 Å². The molecule has 0 rings (SSSR count). The number of rotatable bonds is 18. The largest absolute Gasteiger partial charge is 0.395 e. The summed E-state index contributed by atoms with van der Waals surface area (Å²) in [6, 6.07) is 0. The molecule has 0 heterocycles. The lowest BCUT2D eigenvalue weighted by molar-refractivity contribution is -0.0804. The van der Waals surface area contributed by atoms with Crippen molar-refractivity contribution < 1.29 is 23.9 Å². The first-order valence-electron chi connectivity index (χ1n) is 9.06. The number of aliphatic hydroxyl groups excluding tert-OH is 2. The molecule has 0 aromatic heterocycles. The van der Waals surface area contributed by atoms with Crippen molar-refractivity contribution in [1.82, 2.24) is 5.06 Å². The molecule has 0 aromatic rings. The molecule has 0 aliphatic heterocycles. The Labute approximate surface area is 142 Å². The van der Waals surface area contributed by atoms with Gasteiger partial charge in [-0.2, -0.15) is 5.06 Å². The number of hydrogen-bond donors (Lipinski definition) is 2. The molecular formula is C16H36NO5P. The van der Waals surface area contributed by atoms with E-state index in [1.165, 1.54) is 56.4 Å². The molecule has 0 saturated carbocycles. The van der Waals surface area contributed by atoms with Crippen LogP contribution in [0.3, 0.4) is 0 Å². The second-order valence-electron chi connectivity index (χ2n) is 5.75. The lowest BCUT2D eigenvalue weighted by Gasteiger charge is -2.18. The highest BCUT2D eigenvalue weighted by molar-refractivity contribution is 7.33. The molecule has 0 aromatic carbocycles. The molecule has 0 saturated heterocycles. The van der Waals surface area contributed by atoms with Crippen LogP contribution in [0.15, 0.2) is 0 Å². The smallest absolute Gasteiger partial charge is 0.335 e. The van der Waals surface area contributed by atoms with Gasteiger partial charge >= 0.3 is 8.25 Å². The Balaban J connectivity index is 3.37. The molecule has 7 heteroatoms. The van der Waals surface area contributed by atoms with E-state index in [0.717, 1.165) is 12.8 Å². The Hall–Kier alpha value is 0.0300. The Kier molecular flexibility index (Phi) is 18.4. The number of unbranched alkanes of at least 4 members (excludes halogenated alkanes) is 9. The highest BCUT2D eigenvalue weighted by Crippen LogP contribution is 2.25. The third kappa shape index (κ3) is 16.7. The van der Waals surface area contributed by atoms with E-state index in [2.05, 4.69) is 6.92 Å². The van der Waals surface area contributed by atoms with Gasteiger partial charge in [0.15, 0.2) is 0 Å². The van der Waals surface area contributed by atoms with Gasteiger partial charge in [-0.05, 0) is 6.42 Å². The topological polar surface area (TPSA) is 79.2 Å². The zero-order chi connectivity index (χ0) is 17.2. The van der Waals surface area contributed by atoms with E-state index >= 15 is 0 Å². The van der Waals surface area contributed by atoms with Gasteiger partial charge in [0.05, 0.1) is 19.8 Å². The van der Waals surface area contributed by atoms with Crippen LogP contribution in [0.1, 0.15) is 71.1 Å². The van der Waals surface area contributed by atoms with Crippen LogP contribution in [-0.4, -0.2) is 48.2 Å². The van der Waals surface area contributed by atoms with Crippen molar-refractivity contribution in [1.29, 1.82) is 0 Å². The van der Waals surface area contributed by atoms with Crippen molar-refractivity contribution in [2.45, 2.75) is 71.1 Å². The van der Waals surface area contributed by atoms with E-state index in [4.69, 9.17) is 19.4 Å². The quantitative estimate of drug-likeness (QED) is 0.223. The lowest BCUT2D eigenvalue weighted by atomic mass is 10.1. The normalized spacial score (nSPS) is 12.9. The minimum Gasteiger partial charge on any atom is -0.395 e. The summed E-state index contributed by atoms with van der Waals surface area (Å²) in [4.78, 5) is 0. The van der Waals surface area contributed by atoms with Crippen LogP contribution in [0.2, 0.25) is 0 Å². The van der Waals surface area contributed by atoms with Gasteiger partial charge in [-0.1, -0.05) is 64.7 Å². The predicted octanol–water partition coefficient (Wildman–Crippen LogP) is 3.53. The van der Waals surface area contributed by atoms with Crippen molar-refractivity contribution in [3.05, 3.63) is 0 Å². The van der Waals surface area contributed by atoms with Crippen LogP contribution in [-0.2, 0) is 13.7 Å². The molecule has 0 bridgehead atoms. The molecule has 6 nitrogen and oxygen atoms in total. The van der Waals surface area contributed by atoms with Gasteiger partial charge in [-0.15, -0.1) is 0 Å². The molecule has 1 atom stereocenters. The third-order valence-corrected chi connectivity index (χ3v) is 4.47. The minimum absolute atomic E-state index is 0.117. The van der Waals surface area contributed by atoms with Crippen molar-refractivity contribution in [3.8, 4) is 0 Å². The SMILES string of the molecule is CCCCCCCCCCCCO[PH](=O)ON(CCO)CCO. The van der Waals surface area contributed by atoms with Gasteiger partial charge in [0.2, 0.25) is 0 Å². The van der Waals surface area contributed by atoms with E-state index in [-0.39, 0.29) is 26.3 Å². The maximum absolute atomic E-state index is 11.6. The van der Waals surface area contributed by atoms with Crippen molar-refractivity contribution in [2.24, 2.45) is 0 Å². The van der Waals surface area contributed by atoms with Crippen molar-refractivity contribution >= 4 is 8.25 Å². The summed E-state index contributed by atoms with van der Waals surface area (Å²) in [5.74, 6) is 0. The monoisotopic (exact) mass is 353 g/mol. The molecule has 0 fully saturated rings. The van der Waals surface area contributed by atoms with E-state index in [0.29, 0.717) is 6.61 Å². The fraction of sp³-hybridized carbons (Fsp3) is 1.00. The number of nitrogens with zero attached hydrogens (tertiary/aromatic N) is 1. The fourth-order valence-corrected chi connectivity index (χ4v) is 3.06. The third-order valence-electron chi connectivity index (χ3n) is 3.62. The first-order chi connectivity index (χ1) is 11.2. The summed E-state index contributed by atoms with van der Waals surface area (Å²) in [7, 11) is -2.59. The standard InChI is InChI=1S/C16H36NO5P/c1-2-3-4-5-6-7-8-9-10-11-16-21-23(20)22-17(12-14-18)13-15-19/h18-19,23H,2-16H2,1H3. The molecular weight excluding hydrogens is 317 g/mol. The molecule has 0 aliphatic rings. The Morgan fingerprint density at radius 2 is 1.30 bits per heavy atom. The van der Waals surface area contributed by atoms with Gasteiger partial charge < -0.3 is 14.7 Å². The van der Waals surface area contributed by atoms with Gasteiger partial charge in [0.25, 0.3) is 0 Å². The summed E-state index contributed by atoms with van der Waals surface area (Å²) in [6.07, 6.45) is 12.4. The number of aliphatic hydroxyl groups is 2. The van der Waals surface area contributed by atoms with Crippen LogP contribution in [0, 0.1) is 0 Å². The van der Waals surface area contributed by atoms with Crippen LogP contribution in [0.5, 0.6) is 0 Å². The maximum atomic E-state index is 11.6. The first kappa shape index (κ1) is 23.0. The van der Waals surface area contributed by atoms with E-state index < -0.39 is 8.25 Å². The van der Waals surface area contributed by atoms with Crippen LogP contribution < -0.4 is 0 Å². The average Bonchev–Trinajstić information content (AvgIpc) is 2.53. The first-order valence-corrected chi connectivity index (χ1v) is 10.3. The molecule has 140 valence electrons. The van der Waals surface area contributed by atoms with E-state index in [1.54, 1.807) is 0 Å². The number of hydroxylamine groups is 2. The fourth-order valence-electron chi connectivity index (χ4n) is 2.30. The second kappa shape index (κ2) is 18.4. The molecule has 0 radical (unpaired) electrons. The lowest BCUT2D eigenvalue weighted by Crippen LogP contribution is -2.28. The summed E-state index contributed by atoms with van der Waals surface area (Å²) in [6.45, 7) is 2.84. The maximum Gasteiger partial charge on any atom is 0.335 e. The molecule has 0 spiro atoms. The molecule has 0 amide bonds. The Bertz CT molecular complexity index is 263. The van der Waals surface area contributed by atoms with Crippen LogP contribution >= 0.6 is 8.25 Å². The highest BCUT2D eigenvalue weighted by atomic mass is 31.1. The van der Waals surface area contributed by atoms with Gasteiger partial charge in [-0.25, -0.2) is 4.62 Å². The van der Waals surface area contributed by atoms with Crippen LogP contribution in [0.25, 0.3) is 0 Å². The van der Waals surface area contributed by atoms with Crippen LogP contribution in [0.4, 0.5) is 0 Å². The van der Waals surface area contributed by atoms with Crippen molar-refractivity contribution in [2.75, 3.05) is 32.9 Å². The van der Waals surface area contributed by atoms with E-state index in [9.17, 15) is 4.57 Å². The average molecular weight is 353 g/mol. The highest BCUT2D eigenvalue weighted by Gasteiger charge is 2.09. The molecule has 1 unspecified atom stereocenters. The Morgan fingerprint density at radius 3 is 1.78 bits per heavy atom. The summed E-state index contributed by atoms with van der Waals surface area (Å²) in [5, 5.41) is 18.9. The minimum atomic E-state index is -2.59. The van der Waals surface area contributed by atoms with Gasteiger partial charge in [0.1, 0.15) is 0 Å². The summed E-state index contributed by atoms with van der Waals surface area (Å²) in [5.41, 5.74) is 0. The van der Waals surface area contributed by atoms with Crippen molar-refractivity contribution in [3.63, 3.8) is 0 Å². The summed E-state index contributed by atoms with van der Waals surface area (Å²) < 4.78 is 21.8. The zero-order valence-electron chi connectivity index (χ0n) is 14.7.